The Labute approximate surface area is 210 Å². The highest BCUT2D eigenvalue weighted by atomic mass is 16.6. The molecule has 0 aromatic heterocycles. The minimum absolute atomic E-state index is 0.274. The molecule has 0 saturated heterocycles. The first-order valence-corrected chi connectivity index (χ1v) is 12.8. The van der Waals surface area contributed by atoms with Crippen molar-refractivity contribution in [1.82, 2.24) is 15.5 Å². The number of benzene rings is 1. The molecule has 0 aliphatic rings. The Morgan fingerprint density at radius 2 is 1.60 bits per heavy atom. The van der Waals surface area contributed by atoms with Gasteiger partial charge in [-0.25, -0.2) is 4.79 Å². The standard InChI is InChI=1S/C27H45N3O5/c1-7-9-11-17-28-24(32)23(21-15-13-20(3)14-16-21)30(18-12-10-8-2)25(33)22(19-31)29-26(34)35-27(4,5)6/h13-16,22-23,31H,7-12,17-19H2,1-6H3,(H,28,32)(H,29,34). The van der Waals surface area contributed by atoms with Crippen molar-refractivity contribution in [2.24, 2.45) is 0 Å². The molecule has 2 atom stereocenters. The molecule has 35 heavy (non-hydrogen) atoms. The number of carbonyl (C=O) groups excluding carboxylic acids is 3. The molecule has 198 valence electrons. The summed E-state index contributed by atoms with van der Waals surface area (Å²) in [5.74, 6) is -0.799. The second-order valence-electron chi connectivity index (χ2n) is 9.93. The maximum absolute atomic E-state index is 13.6. The van der Waals surface area contributed by atoms with Gasteiger partial charge in [0.15, 0.2) is 0 Å². The number of hydrogen-bond donors (Lipinski definition) is 3. The van der Waals surface area contributed by atoms with Gasteiger partial charge in [-0.05, 0) is 46.1 Å². The molecule has 0 radical (unpaired) electrons. The second kappa shape index (κ2) is 15.4. The molecule has 3 N–H and O–H groups in total. The summed E-state index contributed by atoms with van der Waals surface area (Å²) in [6.07, 6.45) is 4.61. The van der Waals surface area contributed by atoms with Crippen molar-refractivity contribution in [1.29, 1.82) is 0 Å². The van der Waals surface area contributed by atoms with Gasteiger partial charge in [-0.3, -0.25) is 9.59 Å². The van der Waals surface area contributed by atoms with Crippen molar-refractivity contribution in [3.05, 3.63) is 35.4 Å². The number of nitrogens with zero attached hydrogens (tertiary/aromatic N) is 1. The summed E-state index contributed by atoms with van der Waals surface area (Å²) >= 11 is 0. The fraction of sp³-hybridized carbons (Fsp3) is 0.667. The lowest BCUT2D eigenvalue weighted by Crippen LogP contribution is -2.54. The lowest BCUT2D eigenvalue weighted by molar-refractivity contribution is -0.143. The third-order valence-corrected chi connectivity index (χ3v) is 5.49. The molecule has 0 saturated carbocycles. The molecule has 0 bridgehead atoms. The Morgan fingerprint density at radius 3 is 2.14 bits per heavy atom. The summed E-state index contributed by atoms with van der Waals surface area (Å²) in [5, 5.41) is 15.4. The number of aryl methyl sites for hydroxylation is 1. The van der Waals surface area contributed by atoms with Crippen molar-refractivity contribution in [3.8, 4) is 0 Å². The van der Waals surface area contributed by atoms with E-state index in [4.69, 9.17) is 4.74 Å². The Hall–Kier alpha value is -2.61. The normalized spacial score (nSPS) is 13.0. The zero-order chi connectivity index (χ0) is 26.4. The summed E-state index contributed by atoms with van der Waals surface area (Å²) < 4.78 is 5.27. The van der Waals surface area contributed by atoms with Crippen molar-refractivity contribution < 1.29 is 24.2 Å². The Bertz CT molecular complexity index is 789. The number of ether oxygens (including phenoxy) is 1. The second-order valence-corrected chi connectivity index (χ2v) is 9.93. The van der Waals surface area contributed by atoms with E-state index in [1.807, 2.05) is 31.2 Å². The lowest BCUT2D eigenvalue weighted by atomic mass is 10.0. The van der Waals surface area contributed by atoms with Crippen LogP contribution in [0.4, 0.5) is 4.79 Å². The zero-order valence-corrected chi connectivity index (χ0v) is 22.4. The minimum Gasteiger partial charge on any atom is -0.444 e. The molecule has 1 rings (SSSR count). The van der Waals surface area contributed by atoms with Gasteiger partial charge in [-0.15, -0.1) is 0 Å². The fourth-order valence-corrected chi connectivity index (χ4v) is 3.64. The number of alkyl carbamates (subject to hydrolysis) is 1. The van der Waals surface area contributed by atoms with E-state index in [0.29, 0.717) is 25.1 Å². The summed E-state index contributed by atoms with van der Waals surface area (Å²) in [5.41, 5.74) is 0.971. The molecule has 3 amide bonds. The van der Waals surface area contributed by atoms with E-state index in [0.717, 1.165) is 37.7 Å². The first-order valence-electron chi connectivity index (χ1n) is 12.8. The van der Waals surface area contributed by atoms with Crippen LogP contribution in [0.1, 0.15) is 90.3 Å². The van der Waals surface area contributed by atoms with Gasteiger partial charge in [0.1, 0.15) is 17.7 Å². The van der Waals surface area contributed by atoms with Gasteiger partial charge in [0, 0.05) is 13.1 Å². The molecule has 8 nitrogen and oxygen atoms in total. The maximum Gasteiger partial charge on any atom is 0.408 e. The minimum atomic E-state index is -1.23. The average Bonchev–Trinajstić information content (AvgIpc) is 2.79. The summed E-state index contributed by atoms with van der Waals surface area (Å²) in [7, 11) is 0. The Balaban J connectivity index is 3.28. The van der Waals surface area contributed by atoms with Crippen LogP contribution in [0.5, 0.6) is 0 Å². The highest BCUT2D eigenvalue weighted by Gasteiger charge is 2.35. The number of rotatable bonds is 14. The average molecular weight is 492 g/mol. The van der Waals surface area contributed by atoms with E-state index in [1.165, 1.54) is 4.90 Å². The predicted molar refractivity (Wildman–Crippen MR) is 138 cm³/mol. The fourth-order valence-electron chi connectivity index (χ4n) is 3.64. The van der Waals surface area contributed by atoms with Crippen LogP contribution in [0.25, 0.3) is 0 Å². The SMILES string of the molecule is CCCCCNC(=O)C(c1ccc(C)cc1)N(CCCCC)C(=O)C(CO)NC(=O)OC(C)(C)C. The molecule has 1 aromatic rings. The molecular weight excluding hydrogens is 446 g/mol. The van der Waals surface area contributed by atoms with E-state index in [1.54, 1.807) is 20.8 Å². The van der Waals surface area contributed by atoms with Crippen LogP contribution in [0.15, 0.2) is 24.3 Å². The van der Waals surface area contributed by atoms with Crippen LogP contribution < -0.4 is 10.6 Å². The van der Waals surface area contributed by atoms with Crippen LogP contribution in [0.2, 0.25) is 0 Å². The van der Waals surface area contributed by atoms with Crippen molar-refractivity contribution in [2.75, 3.05) is 19.7 Å². The number of unbranched alkanes of at least 4 members (excludes halogenated alkanes) is 4. The quantitative estimate of drug-likeness (QED) is 0.337. The van der Waals surface area contributed by atoms with Crippen LogP contribution in [0.3, 0.4) is 0 Å². The Morgan fingerprint density at radius 1 is 1.00 bits per heavy atom. The summed E-state index contributed by atoms with van der Waals surface area (Å²) in [6, 6.07) is 5.40. The van der Waals surface area contributed by atoms with Crippen molar-refractivity contribution in [3.63, 3.8) is 0 Å². The molecule has 0 heterocycles. The molecular formula is C27H45N3O5. The van der Waals surface area contributed by atoms with E-state index >= 15 is 0 Å². The van der Waals surface area contributed by atoms with Gasteiger partial charge in [0.05, 0.1) is 6.61 Å². The van der Waals surface area contributed by atoms with Gasteiger partial charge >= 0.3 is 6.09 Å². The molecule has 0 aliphatic carbocycles. The van der Waals surface area contributed by atoms with E-state index < -0.39 is 36.3 Å². The highest BCUT2D eigenvalue weighted by Crippen LogP contribution is 2.24. The van der Waals surface area contributed by atoms with Gasteiger partial charge in [0.2, 0.25) is 11.8 Å². The zero-order valence-electron chi connectivity index (χ0n) is 22.4. The summed E-state index contributed by atoms with van der Waals surface area (Å²) in [6.45, 7) is 11.5. The number of aliphatic hydroxyl groups excluding tert-OH is 1. The van der Waals surface area contributed by atoms with Gasteiger partial charge in [0.25, 0.3) is 0 Å². The lowest BCUT2D eigenvalue weighted by Gasteiger charge is -2.34. The molecule has 1 aromatic carbocycles. The van der Waals surface area contributed by atoms with E-state index in [9.17, 15) is 19.5 Å². The number of carbonyl (C=O) groups is 3. The third-order valence-electron chi connectivity index (χ3n) is 5.49. The first kappa shape index (κ1) is 30.4. The third kappa shape index (κ3) is 11.1. The Kier molecular flexibility index (Phi) is 13.4. The highest BCUT2D eigenvalue weighted by molar-refractivity contribution is 5.92. The maximum atomic E-state index is 13.6. The summed E-state index contributed by atoms with van der Waals surface area (Å²) in [4.78, 5) is 40.9. The number of nitrogens with one attached hydrogen (secondary N) is 2. The number of amides is 3. The van der Waals surface area contributed by atoms with Gasteiger partial charge < -0.3 is 25.4 Å². The smallest absolute Gasteiger partial charge is 0.408 e. The first-order chi connectivity index (χ1) is 16.5. The van der Waals surface area contributed by atoms with Crippen LogP contribution in [-0.2, 0) is 14.3 Å². The van der Waals surface area contributed by atoms with E-state index in [-0.39, 0.29) is 5.91 Å². The molecule has 0 fully saturated rings. The molecule has 8 heteroatoms. The predicted octanol–water partition coefficient (Wildman–Crippen LogP) is 4.25. The van der Waals surface area contributed by atoms with Crippen LogP contribution in [0, 0.1) is 6.92 Å². The van der Waals surface area contributed by atoms with Crippen LogP contribution >= 0.6 is 0 Å². The van der Waals surface area contributed by atoms with E-state index in [2.05, 4.69) is 24.5 Å². The van der Waals surface area contributed by atoms with Gasteiger partial charge in [-0.1, -0.05) is 69.4 Å². The van der Waals surface area contributed by atoms with Crippen molar-refractivity contribution >= 4 is 17.9 Å². The van der Waals surface area contributed by atoms with Crippen LogP contribution in [-0.4, -0.2) is 59.3 Å². The molecule has 2 unspecified atom stereocenters. The van der Waals surface area contributed by atoms with Crippen molar-refractivity contribution in [2.45, 2.75) is 97.8 Å². The molecule has 0 aliphatic heterocycles. The topological polar surface area (TPSA) is 108 Å². The largest absolute Gasteiger partial charge is 0.444 e. The van der Waals surface area contributed by atoms with Gasteiger partial charge in [-0.2, -0.15) is 0 Å². The monoisotopic (exact) mass is 491 g/mol. The number of aliphatic hydroxyl groups is 1. The number of hydrogen-bond acceptors (Lipinski definition) is 5. The molecule has 0 spiro atoms.